The van der Waals surface area contributed by atoms with Crippen LogP contribution in [-0.4, -0.2) is 33.2 Å². The summed E-state index contributed by atoms with van der Waals surface area (Å²) in [5.74, 6) is 0.784. The summed E-state index contributed by atoms with van der Waals surface area (Å²) in [5.41, 5.74) is 2.09. The fourth-order valence-corrected chi connectivity index (χ4v) is 6.27. The Bertz CT molecular complexity index is 1230. The second-order valence-electron chi connectivity index (χ2n) is 7.41. The van der Waals surface area contributed by atoms with E-state index < -0.39 is 15.9 Å². The number of hydrogen-bond donors (Lipinski definition) is 1. The Hall–Kier alpha value is -1.90. The topological polar surface area (TPSA) is 66.5 Å². The van der Waals surface area contributed by atoms with Crippen LogP contribution in [0.1, 0.15) is 11.1 Å². The van der Waals surface area contributed by atoms with Gasteiger partial charge in [-0.25, -0.2) is 8.42 Å². The smallest absolute Gasteiger partial charge is 0.264 e. The largest absolute Gasteiger partial charge is 0.354 e. The van der Waals surface area contributed by atoms with Gasteiger partial charge in [0.2, 0.25) is 5.91 Å². The molecule has 34 heavy (non-hydrogen) atoms. The molecule has 3 rings (SSSR count). The predicted octanol–water partition coefficient (Wildman–Crippen LogP) is 6.20. The number of nitrogens with zero attached hydrogens (tertiary/aromatic N) is 1. The molecule has 3 aromatic carbocycles. The van der Waals surface area contributed by atoms with Crippen LogP contribution in [0.3, 0.4) is 0 Å². The highest BCUT2D eigenvalue weighted by Gasteiger charge is 2.27. The minimum absolute atomic E-state index is 0.0954. The summed E-state index contributed by atoms with van der Waals surface area (Å²) < 4.78 is 27.8. The number of sulfonamides is 1. The van der Waals surface area contributed by atoms with E-state index in [1.165, 1.54) is 18.2 Å². The van der Waals surface area contributed by atoms with Gasteiger partial charge in [-0.05, 0) is 55.0 Å². The number of nitrogens with one attached hydrogen (secondary N) is 1. The van der Waals surface area contributed by atoms with E-state index in [0.29, 0.717) is 38.8 Å². The third kappa shape index (κ3) is 7.06. The SMILES string of the molecule is Cc1ccc(S(=O)(=O)N(CC(=O)NCCSCc2c(Cl)cccc2Cl)c2cccc(Cl)c2)cc1. The van der Waals surface area contributed by atoms with Crippen LogP contribution < -0.4 is 9.62 Å². The van der Waals surface area contributed by atoms with Gasteiger partial charge in [-0.3, -0.25) is 9.10 Å². The molecule has 0 bridgehead atoms. The summed E-state index contributed by atoms with van der Waals surface area (Å²) in [5, 5.41) is 4.35. The van der Waals surface area contributed by atoms with E-state index in [1.54, 1.807) is 60.3 Å². The normalized spacial score (nSPS) is 11.3. The van der Waals surface area contributed by atoms with Gasteiger partial charge < -0.3 is 5.32 Å². The van der Waals surface area contributed by atoms with E-state index in [0.717, 1.165) is 15.4 Å². The minimum atomic E-state index is -3.98. The van der Waals surface area contributed by atoms with Crippen molar-refractivity contribution in [2.45, 2.75) is 17.6 Å². The van der Waals surface area contributed by atoms with Crippen LogP contribution in [0.4, 0.5) is 5.69 Å². The maximum atomic E-state index is 13.4. The number of benzene rings is 3. The van der Waals surface area contributed by atoms with E-state index in [4.69, 9.17) is 34.8 Å². The molecule has 0 saturated carbocycles. The molecule has 0 heterocycles. The Balaban J connectivity index is 1.65. The van der Waals surface area contributed by atoms with Crippen molar-refractivity contribution >= 4 is 68.2 Å². The molecule has 0 spiro atoms. The lowest BCUT2D eigenvalue weighted by atomic mass is 10.2. The number of hydrogen-bond acceptors (Lipinski definition) is 4. The van der Waals surface area contributed by atoms with Gasteiger partial charge in [0.1, 0.15) is 6.54 Å². The van der Waals surface area contributed by atoms with Gasteiger partial charge in [0.25, 0.3) is 10.0 Å². The summed E-state index contributed by atoms with van der Waals surface area (Å²) >= 11 is 20.0. The minimum Gasteiger partial charge on any atom is -0.354 e. The monoisotopic (exact) mass is 556 g/mol. The second-order valence-corrected chi connectivity index (χ2v) is 11.6. The molecule has 0 aliphatic carbocycles. The maximum Gasteiger partial charge on any atom is 0.264 e. The summed E-state index contributed by atoms with van der Waals surface area (Å²) in [6.07, 6.45) is 0. The molecule has 5 nitrogen and oxygen atoms in total. The van der Waals surface area contributed by atoms with E-state index in [9.17, 15) is 13.2 Å². The molecule has 3 aromatic rings. The van der Waals surface area contributed by atoms with Gasteiger partial charge in [0.15, 0.2) is 0 Å². The molecule has 180 valence electrons. The molecular weight excluding hydrogens is 535 g/mol. The standard InChI is InChI=1S/C24H23Cl3N2O3S2/c1-17-8-10-20(11-9-17)34(31,32)29(19-5-2-4-18(25)14-19)15-24(30)28-12-13-33-16-21-22(26)6-3-7-23(21)27/h2-11,14H,12-13,15-16H2,1H3,(H,28,30). The van der Waals surface area contributed by atoms with Crippen molar-refractivity contribution in [3.05, 3.63) is 92.9 Å². The van der Waals surface area contributed by atoms with Crippen LogP contribution >= 0.6 is 46.6 Å². The molecule has 0 atom stereocenters. The number of anilines is 1. The van der Waals surface area contributed by atoms with Crippen molar-refractivity contribution in [1.82, 2.24) is 5.32 Å². The molecule has 0 radical (unpaired) electrons. The molecule has 0 unspecified atom stereocenters. The van der Waals surface area contributed by atoms with Gasteiger partial charge in [0, 0.05) is 33.1 Å². The average Bonchev–Trinajstić information content (AvgIpc) is 2.79. The number of carbonyl (C=O) groups is 1. The third-order valence-electron chi connectivity index (χ3n) is 4.87. The van der Waals surface area contributed by atoms with Crippen LogP contribution in [-0.2, 0) is 20.6 Å². The number of rotatable bonds is 10. The zero-order valence-corrected chi connectivity index (χ0v) is 22.2. The highest BCUT2D eigenvalue weighted by Crippen LogP contribution is 2.28. The number of halogens is 3. The fraction of sp³-hybridized carbons (Fsp3) is 0.208. The van der Waals surface area contributed by atoms with Gasteiger partial charge >= 0.3 is 0 Å². The van der Waals surface area contributed by atoms with Gasteiger partial charge in [-0.15, -0.1) is 0 Å². The second kappa shape index (κ2) is 12.2. The number of amides is 1. The third-order valence-corrected chi connectivity index (χ3v) is 8.59. The molecule has 0 saturated heterocycles. The first kappa shape index (κ1) is 26.7. The van der Waals surface area contributed by atoms with Crippen molar-refractivity contribution in [2.75, 3.05) is 23.1 Å². The fourth-order valence-electron chi connectivity index (χ4n) is 3.08. The van der Waals surface area contributed by atoms with E-state index in [1.807, 2.05) is 6.92 Å². The van der Waals surface area contributed by atoms with Crippen molar-refractivity contribution in [1.29, 1.82) is 0 Å². The molecule has 0 aromatic heterocycles. The lowest BCUT2D eigenvalue weighted by Gasteiger charge is -2.24. The number of carbonyl (C=O) groups excluding carboxylic acids is 1. The lowest BCUT2D eigenvalue weighted by Crippen LogP contribution is -2.41. The molecule has 0 aliphatic rings. The van der Waals surface area contributed by atoms with Gasteiger partial charge in [-0.1, -0.05) is 64.6 Å². The Morgan fingerprint density at radius 1 is 0.971 bits per heavy atom. The summed E-state index contributed by atoms with van der Waals surface area (Å²) in [6.45, 7) is 1.85. The summed E-state index contributed by atoms with van der Waals surface area (Å²) in [6, 6.07) is 18.2. The van der Waals surface area contributed by atoms with Crippen molar-refractivity contribution in [2.24, 2.45) is 0 Å². The predicted molar refractivity (Wildman–Crippen MR) is 143 cm³/mol. The van der Waals surface area contributed by atoms with Crippen LogP contribution in [0.2, 0.25) is 15.1 Å². The van der Waals surface area contributed by atoms with Gasteiger partial charge in [-0.2, -0.15) is 11.8 Å². The van der Waals surface area contributed by atoms with Crippen LogP contribution in [0, 0.1) is 6.92 Å². The number of thioether (sulfide) groups is 1. The Morgan fingerprint density at radius 2 is 1.62 bits per heavy atom. The van der Waals surface area contributed by atoms with E-state index >= 15 is 0 Å². The van der Waals surface area contributed by atoms with Crippen molar-refractivity contribution in [3.63, 3.8) is 0 Å². The average molecular weight is 558 g/mol. The first-order chi connectivity index (χ1) is 16.2. The van der Waals surface area contributed by atoms with Crippen LogP contribution in [0.5, 0.6) is 0 Å². The van der Waals surface area contributed by atoms with Crippen LogP contribution in [0.25, 0.3) is 0 Å². The molecule has 0 fully saturated rings. The Morgan fingerprint density at radius 3 is 2.26 bits per heavy atom. The van der Waals surface area contributed by atoms with Crippen molar-refractivity contribution < 1.29 is 13.2 Å². The van der Waals surface area contributed by atoms with Gasteiger partial charge in [0.05, 0.1) is 10.6 Å². The highest BCUT2D eigenvalue weighted by atomic mass is 35.5. The summed E-state index contributed by atoms with van der Waals surface area (Å²) in [7, 11) is -3.98. The zero-order valence-electron chi connectivity index (χ0n) is 18.3. The molecule has 1 amide bonds. The first-order valence-corrected chi connectivity index (χ1v) is 14.0. The Labute approximate surface area is 219 Å². The quantitative estimate of drug-likeness (QED) is 0.301. The highest BCUT2D eigenvalue weighted by molar-refractivity contribution is 7.98. The Kier molecular flexibility index (Phi) is 9.56. The molecular formula is C24H23Cl3N2O3S2. The van der Waals surface area contributed by atoms with Crippen molar-refractivity contribution in [3.8, 4) is 0 Å². The maximum absolute atomic E-state index is 13.4. The van der Waals surface area contributed by atoms with Crippen LogP contribution in [0.15, 0.2) is 71.6 Å². The molecule has 0 aliphatic heterocycles. The molecule has 1 N–H and O–H groups in total. The first-order valence-electron chi connectivity index (χ1n) is 10.3. The van der Waals surface area contributed by atoms with E-state index in [-0.39, 0.29) is 11.4 Å². The molecule has 10 heteroatoms. The summed E-state index contributed by atoms with van der Waals surface area (Å²) in [4.78, 5) is 12.8. The van der Waals surface area contributed by atoms with E-state index in [2.05, 4.69) is 5.32 Å². The number of aryl methyl sites for hydroxylation is 1. The lowest BCUT2D eigenvalue weighted by molar-refractivity contribution is -0.119. The zero-order chi connectivity index (χ0) is 24.7.